The van der Waals surface area contributed by atoms with Crippen LogP contribution in [0.5, 0.6) is 0 Å². The molecule has 0 fully saturated rings. The van der Waals surface area contributed by atoms with Gasteiger partial charge in [-0.1, -0.05) is 17.7 Å². The van der Waals surface area contributed by atoms with E-state index in [1.165, 1.54) is 0 Å². The Balaban J connectivity index is 2.23. The quantitative estimate of drug-likeness (QED) is 0.556. The maximum atomic E-state index is 12.8. The number of hydrogen-bond donors (Lipinski definition) is 2. The summed E-state index contributed by atoms with van der Waals surface area (Å²) in [5.41, 5.74) is 13.6. The highest BCUT2D eigenvalue weighted by atomic mass is 35.5. The predicted octanol–water partition coefficient (Wildman–Crippen LogP) is 1.90. The highest BCUT2D eigenvalue weighted by Crippen LogP contribution is 2.24. The minimum absolute atomic E-state index is 0.116. The maximum Gasteiger partial charge on any atom is 0.351 e. The van der Waals surface area contributed by atoms with Crippen molar-refractivity contribution in [2.24, 2.45) is 5.73 Å². The average molecular weight is 345 g/mol. The molecule has 3 aromatic rings. The fraction of sp³-hybridized carbons (Fsp3) is 0.176. The van der Waals surface area contributed by atoms with Crippen molar-refractivity contribution in [2.75, 3.05) is 12.3 Å². The van der Waals surface area contributed by atoms with Gasteiger partial charge in [-0.2, -0.15) is 4.73 Å². The van der Waals surface area contributed by atoms with Crippen LogP contribution in [-0.4, -0.2) is 6.54 Å². The van der Waals surface area contributed by atoms with Gasteiger partial charge >= 0.3 is 11.5 Å². The Morgan fingerprint density at radius 2 is 1.67 bits per heavy atom. The Hall–Kier alpha value is -2.57. The second-order valence-electron chi connectivity index (χ2n) is 5.54. The standard InChI is InChI=1S/C17H17ClN4O2/c18-13-6-4-12(5-7-13)16-17(20)22(24)14-8-3-11(2-1-9-19)10-15(14)21(16)23/h3-8,10H,1-2,9,19-20H2. The number of nitrogens with two attached hydrogens (primary N) is 2. The number of nitrogens with zero attached hydrogens (tertiary/aromatic N) is 2. The fourth-order valence-electron chi connectivity index (χ4n) is 2.69. The number of benzene rings is 2. The number of anilines is 1. The van der Waals surface area contributed by atoms with Crippen molar-refractivity contribution < 1.29 is 9.46 Å². The van der Waals surface area contributed by atoms with Gasteiger partial charge in [-0.3, -0.25) is 5.73 Å². The first-order valence-electron chi connectivity index (χ1n) is 7.56. The smallest absolute Gasteiger partial charge is 0.351 e. The molecular formula is C17H17ClN4O2. The molecule has 7 heteroatoms. The van der Waals surface area contributed by atoms with Crippen molar-refractivity contribution in [3.8, 4) is 11.3 Å². The summed E-state index contributed by atoms with van der Waals surface area (Å²) in [6, 6.07) is 11.8. The number of aryl methyl sites for hydroxylation is 1. The van der Waals surface area contributed by atoms with E-state index < -0.39 is 0 Å². The summed E-state index contributed by atoms with van der Waals surface area (Å²) < 4.78 is 1.29. The first-order chi connectivity index (χ1) is 11.5. The molecule has 0 aliphatic rings. The van der Waals surface area contributed by atoms with Crippen LogP contribution in [-0.2, 0) is 6.42 Å². The van der Waals surface area contributed by atoms with Crippen LogP contribution in [0.4, 0.5) is 5.82 Å². The van der Waals surface area contributed by atoms with Crippen molar-refractivity contribution in [1.29, 1.82) is 0 Å². The number of hydrogen-bond acceptors (Lipinski definition) is 4. The number of nitrogen functional groups attached to an aromatic ring is 1. The topological polar surface area (TPSA) is 106 Å². The van der Waals surface area contributed by atoms with Crippen LogP contribution in [0.15, 0.2) is 42.5 Å². The summed E-state index contributed by atoms with van der Waals surface area (Å²) in [6.45, 7) is 0.564. The highest BCUT2D eigenvalue weighted by Gasteiger charge is 2.25. The molecule has 0 atom stereocenters. The van der Waals surface area contributed by atoms with E-state index in [1.807, 2.05) is 6.07 Å². The van der Waals surface area contributed by atoms with Crippen LogP contribution in [0.2, 0.25) is 5.02 Å². The van der Waals surface area contributed by atoms with Crippen molar-refractivity contribution in [3.05, 3.63) is 63.5 Å². The minimum Gasteiger partial charge on any atom is -0.710 e. The molecule has 1 heterocycles. The minimum atomic E-state index is -0.144. The summed E-state index contributed by atoms with van der Waals surface area (Å²) >= 11 is 5.88. The first kappa shape index (κ1) is 16.3. The van der Waals surface area contributed by atoms with Crippen LogP contribution in [0.25, 0.3) is 22.3 Å². The van der Waals surface area contributed by atoms with Crippen LogP contribution in [0, 0.1) is 10.4 Å². The van der Waals surface area contributed by atoms with Crippen LogP contribution < -0.4 is 20.9 Å². The van der Waals surface area contributed by atoms with Crippen LogP contribution in [0.1, 0.15) is 12.0 Å². The van der Waals surface area contributed by atoms with Crippen LogP contribution in [0.3, 0.4) is 0 Å². The van der Waals surface area contributed by atoms with Gasteiger partial charge in [-0.05, 0) is 55.3 Å². The zero-order chi connectivity index (χ0) is 17.3. The Labute approximate surface area is 144 Å². The van der Waals surface area contributed by atoms with E-state index in [2.05, 4.69) is 0 Å². The molecule has 0 amide bonds. The SMILES string of the molecule is NCCCc1ccc2c(c1)[n+]([O-])c(-c1ccc(Cl)cc1)c(N)[n+]2[O-]. The molecule has 0 radical (unpaired) electrons. The molecule has 124 valence electrons. The Bertz CT molecular complexity index is 897. The van der Waals surface area contributed by atoms with Gasteiger partial charge in [0, 0.05) is 11.1 Å². The van der Waals surface area contributed by atoms with Crippen molar-refractivity contribution in [1.82, 2.24) is 0 Å². The van der Waals surface area contributed by atoms with E-state index >= 15 is 0 Å². The van der Waals surface area contributed by atoms with E-state index in [4.69, 9.17) is 23.1 Å². The lowest BCUT2D eigenvalue weighted by molar-refractivity contribution is -0.609. The zero-order valence-electron chi connectivity index (χ0n) is 12.9. The van der Waals surface area contributed by atoms with E-state index in [0.29, 0.717) is 26.6 Å². The van der Waals surface area contributed by atoms with Gasteiger partial charge in [0.1, 0.15) is 0 Å². The molecule has 1 aromatic heterocycles. The lowest BCUT2D eigenvalue weighted by atomic mass is 10.1. The first-order valence-corrected chi connectivity index (χ1v) is 7.94. The molecule has 4 N–H and O–H groups in total. The Morgan fingerprint density at radius 3 is 2.33 bits per heavy atom. The summed E-state index contributed by atoms with van der Waals surface area (Å²) in [5, 5.41) is 25.8. The van der Waals surface area contributed by atoms with Crippen molar-refractivity contribution >= 4 is 28.5 Å². The Morgan fingerprint density at radius 1 is 0.958 bits per heavy atom. The van der Waals surface area contributed by atoms with Gasteiger partial charge in [0.2, 0.25) is 5.52 Å². The molecule has 0 saturated heterocycles. The molecule has 24 heavy (non-hydrogen) atoms. The van der Waals surface area contributed by atoms with Gasteiger partial charge in [0.25, 0.3) is 5.52 Å². The van der Waals surface area contributed by atoms with Gasteiger partial charge in [-0.15, -0.1) is 0 Å². The summed E-state index contributed by atoms with van der Waals surface area (Å²) in [4.78, 5) is 0. The van der Waals surface area contributed by atoms with Crippen molar-refractivity contribution in [2.45, 2.75) is 12.8 Å². The number of fused-ring (bicyclic) bond motifs is 1. The molecule has 0 aliphatic carbocycles. The lowest BCUT2D eigenvalue weighted by Gasteiger charge is -2.14. The third kappa shape index (κ3) is 2.81. The van der Waals surface area contributed by atoms with Crippen molar-refractivity contribution in [3.63, 3.8) is 0 Å². The van der Waals surface area contributed by atoms with Crippen LogP contribution >= 0.6 is 11.6 Å². The van der Waals surface area contributed by atoms with E-state index in [-0.39, 0.29) is 22.5 Å². The molecule has 0 saturated carbocycles. The van der Waals surface area contributed by atoms with E-state index in [9.17, 15) is 10.4 Å². The molecule has 2 aromatic carbocycles. The summed E-state index contributed by atoms with van der Waals surface area (Å²) in [6.07, 6.45) is 1.55. The second-order valence-corrected chi connectivity index (χ2v) is 5.98. The predicted molar refractivity (Wildman–Crippen MR) is 94.1 cm³/mol. The molecule has 0 spiro atoms. The number of halogens is 1. The molecule has 6 nitrogen and oxygen atoms in total. The van der Waals surface area contributed by atoms with Gasteiger partial charge < -0.3 is 16.1 Å². The monoisotopic (exact) mass is 344 g/mol. The molecule has 0 unspecified atom stereocenters. The summed E-state index contributed by atoms with van der Waals surface area (Å²) in [5.74, 6) is -0.144. The molecule has 0 aliphatic heterocycles. The number of aromatic nitrogens is 2. The average Bonchev–Trinajstić information content (AvgIpc) is 2.59. The largest absolute Gasteiger partial charge is 0.710 e. The normalized spacial score (nSPS) is 11.1. The number of rotatable bonds is 4. The Kier molecular flexibility index (Phi) is 4.42. The third-order valence-electron chi connectivity index (χ3n) is 3.93. The molecule has 0 bridgehead atoms. The van der Waals surface area contributed by atoms with E-state index in [0.717, 1.165) is 18.4 Å². The molecule has 3 rings (SSSR count). The van der Waals surface area contributed by atoms with Gasteiger partial charge in [0.15, 0.2) is 0 Å². The van der Waals surface area contributed by atoms with Gasteiger partial charge in [0.05, 0.1) is 5.56 Å². The highest BCUT2D eigenvalue weighted by molar-refractivity contribution is 6.30. The zero-order valence-corrected chi connectivity index (χ0v) is 13.7. The summed E-state index contributed by atoms with van der Waals surface area (Å²) in [7, 11) is 0. The third-order valence-corrected chi connectivity index (χ3v) is 4.18. The van der Waals surface area contributed by atoms with Gasteiger partial charge in [-0.25, -0.2) is 4.73 Å². The second kappa shape index (κ2) is 6.51. The maximum absolute atomic E-state index is 12.8. The fourth-order valence-corrected chi connectivity index (χ4v) is 2.81. The molecular weight excluding hydrogens is 328 g/mol. The lowest BCUT2D eigenvalue weighted by Crippen LogP contribution is -2.43. The van der Waals surface area contributed by atoms with E-state index in [1.54, 1.807) is 36.4 Å².